The summed E-state index contributed by atoms with van der Waals surface area (Å²) in [6, 6.07) is 13.6. The molecule has 2 amide bonds. The molecule has 0 heterocycles. The van der Waals surface area contributed by atoms with E-state index in [1.54, 1.807) is 6.92 Å². The molecule has 0 bridgehead atoms. The van der Waals surface area contributed by atoms with Gasteiger partial charge in [-0.3, -0.25) is 0 Å². The van der Waals surface area contributed by atoms with Crippen LogP contribution >= 0.6 is 0 Å². The maximum Gasteiger partial charge on any atom is 0.322 e. The van der Waals surface area contributed by atoms with Crippen LogP contribution in [0.1, 0.15) is 43.4 Å². The van der Waals surface area contributed by atoms with Crippen LogP contribution in [0.15, 0.2) is 42.5 Å². The first-order chi connectivity index (χ1) is 11.3. The Morgan fingerprint density at radius 1 is 1.00 bits per heavy atom. The lowest BCUT2D eigenvalue weighted by Crippen LogP contribution is -2.39. The van der Waals surface area contributed by atoms with Crippen molar-refractivity contribution in [2.75, 3.05) is 5.32 Å². The number of carbonyl (C=O) groups excluding carboxylic acids is 1. The molecule has 0 radical (unpaired) electrons. The van der Waals surface area contributed by atoms with E-state index in [9.17, 15) is 4.79 Å². The summed E-state index contributed by atoms with van der Waals surface area (Å²) in [5.74, 6) is 1.22. The number of amides is 2. The van der Waals surface area contributed by atoms with Gasteiger partial charge in [0.25, 0.3) is 0 Å². The van der Waals surface area contributed by atoms with Crippen molar-refractivity contribution in [3.05, 3.63) is 59.2 Å². The lowest BCUT2D eigenvalue weighted by atomic mass is 10.0. The van der Waals surface area contributed by atoms with Crippen molar-refractivity contribution >= 4 is 11.7 Å². The van der Waals surface area contributed by atoms with E-state index < -0.39 is 6.23 Å². The van der Waals surface area contributed by atoms with Crippen molar-refractivity contribution < 1.29 is 9.53 Å². The highest BCUT2D eigenvalue weighted by Gasteiger charge is 2.10. The SMILES string of the molecule is Cc1ccc(C)c(NC(=O)NC(C)Oc2ccc(C(C)C)cc2)c1. The number of ether oxygens (including phenoxy) is 1. The molecular formula is C20H26N2O2. The molecule has 0 saturated carbocycles. The molecule has 0 aliphatic heterocycles. The molecule has 2 rings (SSSR count). The highest BCUT2D eigenvalue weighted by molar-refractivity contribution is 5.90. The fourth-order valence-electron chi connectivity index (χ4n) is 2.38. The van der Waals surface area contributed by atoms with E-state index in [0.29, 0.717) is 5.92 Å². The van der Waals surface area contributed by atoms with Crippen LogP contribution in [-0.4, -0.2) is 12.3 Å². The van der Waals surface area contributed by atoms with Crippen molar-refractivity contribution in [1.82, 2.24) is 5.32 Å². The molecule has 1 unspecified atom stereocenters. The Labute approximate surface area is 144 Å². The molecule has 0 saturated heterocycles. The zero-order chi connectivity index (χ0) is 17.7. The van der Waals surface area contributed by atoms with Crippen molar-refractivity contribution in [2.45, 2.75) is 46.8 Å². The highest BCUT2D eigenvalue weighted by Crippen LogP contribution is 2.19. The van der Waals surface area contributed by atoms with Gasteiger partial charge in [-0.1, -0.05) is 38.1 Å². The average Bonchev–Trinajstić information content (AvgIpc) is 2.51. The minimum Gasteiger partial charge on any atom is -0.471 e. The molecule has 0 fully saturated rings. The third kappa shape index (κ3) is 5.01. The molecule has 24 heavy (non-hydrogen) atoms. The first kappa shape index (κ1) is 17.9. The van der Waals surface area contributed by atoms with Crippen molar-refractivity contribution in [3.63, 3.8) is 0 Å². The number of hydrogen-bond donors (Lipinski definition) is 2. The van der Waals surface area contributed by atoms with Gasteiger partial charge in [0.2, 0.25) is 0 Å². The topological polar surface area (TPSA) is 50.4 Å². The molecular weight excluding hydrogens is 300 g/mol. The van der Waals surface area contributed by atoms with E-state index >= 15 is 0 Å². The third-order valence-corrected chi connectivity index (χ3v) is 3.84. The van der Waals surface area contributed by atoms with Gasteiger partial charge in [0.05, 0.1) is 0 Å². The summed E-state index contributed by atoms with van der Waals surface area (Å²) in [5.41, 5.74) is 4.19. The van der Waals surface area contributed by atoms with Crippen molar-refractivity contribution in [1.29, 1.82) is 0 Å². The summed E-state index contributed by atoms with van der Waals surface area (Å²) >= 11 is 0. The number of nitrogens with one attached hydrogen (secondary N) is 2. The van der Waals surface area contributed by atoms with Gasteiger partial charge >= 0.3 is 6.03 Å². The summed E-state index contributed by atoms with van der Waals surface area (Å²) in [6.07, 6.45) is -0.431. The quantitative estimate of drug-likeness (QED) is 0.762. The van der Waals surface area contributed by atoms with Crippen LogP contribution in [0.5, 0.6) is 5.75 Å². The first-order valence-corrected chi connectivity index (χ1v) is 8.26. The van der Waals surface area contributed by atoms with Crippen molar-refractivity contribution in [2.24, 2.45) is 0 Å². The van der Waals surface area contributed by atoms with E-state index in [-0.39, 0.29) is 6.03 Å². The van der Waals surface area contributed by atoms with Crippen LogP contribution in [0, 0.1) is 13.8 Å². The van der Waals surface area contributed by atoms with Gasteiger partial charge in [-0.05, 0) is 61.6 Å². The van der Waals surface area contributed by atoms with Gasteiger partial charge in [-0.25, -0.2) is 4.79 Å². The number of aryl methyl sites for hydroxylation is 2. The fraction of sp³-hybridized carbons (Fsp3) is 0.350. The normalized spacial score (nSPS) is 11.9. The smallest absolute Gasteiger partial charge is 0.322 e. The summed E-state index contributed by atoms with van der Waals surface area (Å²) in [5, 5.41) is 5.65. The van der Waals surface area contributed by atoms with Gasteiger partial charge in [0, 0.05) is 5.69 Å². The largest absolute Gasteiger partial charge is 0.471 e. The van der Waals surface area contributed by atoms with E-state index in [1.165, 1.54) is 5.56 Å². The lowest BCUT2D eigenvalue weighted by molar-refractivity contribution is 0.183. The van der Waals surface area contributed by atoms with Crippen LogP contribution in [-0.2, 0) is 0 Å². The zero-order valence-electron chi connectivity index (χ0n) is 15.0. The van der Waals surface area contributed by atoms with E-state index in [2.05, 4.69) is 24.5 Å². The lowest BCUT2D eigenvalue weighted by Gasteiger charge is -2.18. The number of rotatable bonds is 5. The van der Waals surface area contributed by atoms with Gasteiger partial charge in [-0.2, -0.15) is 0 Å². The Bertz CT molecular complexity index is 693. The van der Waals surface area contributed by atoms with Crippen LogP contribution in [0.25, 0.3) is 0 Å². The minimum absolute atomic E-state index is 0.282. The molecule has 2 aromatic carbocycles. The zero-order valence-corrected chi connectivity index (χ0v) is 15.0. The molecule has 0 aliphatic carbocycles. The first-order valence-electron chi connectivity index (χ1n) is 8.26. The second-order valence-corrected chi connectivity index (χ2v) is 6.40. The van der Waals surface area contributed by atoms with E-state index in [1.807, 2.05) is 56.3 Å². The molecule has 0 aliphatic rings. The predicted octanol–water partition coefficient (Wildman–Crippen LogP) is 4.97. The Morgan fingerprint density at radius 3 is 2.29 bits per heavy atom. The second-order valence-electron chi connectivity index (χ2n) is 6.40. The number of benzene rings is 2. The molecule has 1 atom stereocenters. The van der Waals surface area contributed by atoms with Gasteiger partial charge in [-0.15, -0.1) is 0 Å². The predicted molar refractivity (Wildman–Crippen MR) is 98.7 cm³/mol. The number of anilines is 1. The number of carbonyl (C=O) groups is 1. The van der Waals surface area contributed by atoms with Crippen LogP contribution in [0.3, 0.4) is 0 Å². The third-order valence-electron chi connectivity index (χ3n) is 3.84. The second kappa shape index (κ2) is 7.86. The number of hydrogen-bond acceptors (Lipinski definition) is 2. The van der Waals surface area contributed by atoms with Crippen LogP contribution in [0.4, 0.5) is 10.5 Å². The maximum atomic E-state index is 12.1. The minimum atomic E-state index is -0.431. The van der Waals surface area contributed by atoms with Crippen molar-refractivity contribution in [3.8, 4) is 5.75 Å². The average molecular weight is 326 g/mol. The monoisotopic (exact) mass is 326 g/mol. The molecule has 2 aromatic rings. The Kier molecular flexibility index (Phi) is 5.85. The summed E-state index contributed by atoms with van der Waals surface area (Å²) in [4.78, 5) is 12.1. The fourth-order valence-corrected chi connectivity index (χ4v) is 2.38. The van der Waals surface area contributed by atoms with Gasteiger partial charge in [0.1, 0.15) is 5.75 Å². The van der Waals surface area contributed by atoms with Gasteiger partial charge < -0.3 is 15.4 Å². The molecule has 128 valence electrons. The number of urea groups is 1. The Morgan fingerprint density at radius 2 is 1.67 bits per heavy atom. The molecule has 4 nitrogen and oxygen atoms in total. The Balaban J connectivity index is 1.90. The molecule has 4 heteroatoms. The summed E-state index contributed by atoms with van der Waals surface area (Å²) in [7, 11) is 0. The standard InChI is InChI=1S/C20H26N2O2/c1-13(2)17-8-10-18(11-9-17)24-16(5)21-20(23)22-19-12-14(3)6-7-15(19)4/h6-13,16H,1-5H3,(H2,21,22,23). The highest BCUT2D eigenvalue weighted by atomic mass is 16.5. The van der Waals surface area contributed by atoms with Crippen LogP contribution in [0.2, 0.25) is 0 Å². The summed E-state index contributed by atoms with van der Waals surface area (Å²) < 4.78 is 5.74. The molecule has 2 N–H and O–H groups in total. The summed E-state index contributed by atoms with van der Waals surface area (Å²) in [6.45, 7) is 10.1. The van der Waals surface area contributed by atoms with Gasteiger partial charge in [0.15, 0.2) is 6.23 Å². The van der Waals surface area contributed by atoms with E-state index in [0.717, 1.165) is 22.6 Å². The Hall–Kier alpha value is -2.49. The van der Waals surface area contributed by atoms with Crippen LogP contribution < -0.4 is 15.4 Å². The molecule has 0 spiro atoms. The maximum absolute atomic E-state index is 12.1. The molecule has 0 aromatic heterocycles. The van der Waals surface area contributed by atoms with E-state index in [4.69, 9.17) is 4.74 Å².